The number of rotatable bonds is 3. The topological polar surface area (TPSA) is 50.9 Å². The van der Waals surface area contributed by atoms with Gasteiger partial charge in [-0.05, 0) is 18.7 Å². The zero-order valence-electron chi connectivity index (χ0n) is 6.67. The molecule has 60 valence electrons. The Morgan fingerprint density at radius 2 is 2.36 bits per heavy atom. The Bertz CT molecular complexity index is 205. The summed E-state index contributed by atoms with van der Waals surface area (Å²) < 4.78 is 0. The van der Waals surface area contributed by atoms with Gasteiger partial charge in [0, 0.05) is 19.3 Å². The molecule has 1 heterocycles. The fourth-order valence-electron chi connectivity index (χ4n) is 0.862. The van der Waals surface area contributed by atoms with Gasteiger partial charge in [0.05, 0.1) is 5.69 Å². The number of nitrogens with zero attached hydrogens (tertiary/aromatic N) is 1. The SMILES string of the molecule is CNCc1ccc(CN)cn1. The van der Waals surface area contributed by atoms with Crippen molar-refractivity contribution in [3.63, 3.8) is 0 Å². The van der Waals surface area contributed by atoms with Crippen molar-refractivity contribution in [2.45, 2.75) is 13.1 Å². The highest BCUT2D eigenvalue weighted by Gasteiger charge is 1.91. The van der Waals surface area contributed by atoms with E-state index in [1.165, 1.54) is 0 Å². The van der Waals surface area contributed by atoms with E-state index in [4.69, 9.17) is 5.73 Å². The Morgan fingerprint density at radius 3 is 2.82 bits per heavy atom. The first-order valence-corrected chi connectivity index (χ1v) is 3.65. The molecule has 3 heteroatoms. The molecule has 0 fully saturated rings. The lowest BCUT2D eigenvalue weighted by atomic mass is 10.2. The van der Waals surface area contributed by atoms with Crippen LogP contribution in [-0.4, -0.2) is 12.0 Å². The highest BCUT2D eigenvalue weighted by Crippen LogP contribution is 1.98. The minimum absolute atomic E-state index is 0.562. The molecule has 3 nitrogen and oxygen atoms in total. The molecular weight excluding hydrogens is 138 g/mol. The number of nitrogens with one attached hydrogen (secondary N) is 1. The van der Waals surface area contributed by atoms with Crippen molar-refractivity contribution < 1.29 is 0 Å². The summed E-state index contributed by atoms with van der Waals surface area (Å²) in [6, 6.07) is 3.98. The summed E-state index contributed by atoms with van der Waals surface area (Å²) in [6.45, 7) is 1.37. The van der Waals surface area contributed by atoms with E-state index in [1.54, 1.807) is 0 Å². The summed E-state index contributed by atoms with van der Waals surface area (Å²) >= 11 is 0. The van der Waals surface area contributed by atoms with Gasteiger partial charge in [-0.25, -0.2) is 0 Å². The average molecular weight is 151 g/mol. The second-order valence-electron chi connectivity index (χ2n) is 2.39. The molecule has 0 saturated heterocycles. The lowest BCUT2D eigenvalue weighted by molar-refractivity contribution is 0.788. The van der Waals surface area contributed by atoms with Crippen LogP contribution < -0.4 is 11.1 Å². The molecule has 1 aromatic heterocycles. The summed E-state index contributed by atoms with van der Waals surface area (Å²) in [5.41, 5.74) is 7.54. The largest absolute Gasteiger partial charge is 0.326 e. The molecule has 3 N–H and O–H groups in total. The molecule has 0 aromatic carbocycles. The van der Waals surface area contributed by atoms with E-state index in [-0.39, 0.29) is 0 Å². The van der Waals surface area contributed by atoms with Crippen LogP contribution in [0.4, 0.5) is 0 Å². The lowest BCUT2D eigenvalue weighted by Crippen LogP contribution is -2.07. The molecule has 0 atom stereocenters. The number of aromatic nitrogens is 1. The predicted octanol–water partition coefficient (Wildman–Crippen LogP) is 0.260. The van der Waals surface area contributed by atoms with E-state index in [9.17, 15) is 0 Å². The Balaban J connectivity index is 2.66. The summed E-state index contributed by atoms with van der Waals surface area (Å²) in [4.78, 5) is 4.20. The molecular formula is C8H13N3. The van der Waals surface area contributed by atoms with Gasteiger partial charge in [0.15, 0.2) is 0 Å². The van der Waals surface area contributed by atoms with Crippen LogP contribution in [0.15, 0.2) is 18.3 Å². The molecule has 1 rings (SSSR count). The normalized spacial score (nSPS) is 10.0. The zero-order chi connectivity index (χ0) is 8.10. The van der Waals surface area contributed by atoms with Gasteiger partial charge in [0.2, 0.25) is 0 Å². The highest BCUT2D eigenvalue weighted by atomic mass is 14.8. The number of nitrogens with two attached hydrogens (primary N) is 1. The number of hydrogen-bond donors (Lipinski definition) is 2. The predicted molar refractivity (Wildman–Crippen MR) is 44.9 cm³/mol. The Kier molecular flexibility index (Phi) is 3.01. The second-order valence-corrected chi connectivity index (χ2v) is 2.39. The van der Waals surface area contributed by atoms with Gasteiger partial charge in [-0.1, -0.05) is 6.07 Å². The van der Waals surface area contributed by atoms with E-state index < -0.39 is 0 Å². The Morgan fingerprint density at radius 1 is 1.55 bits per heavy atom. The molecule has 0 saturated carbocycles. The minimum atomic E-state index is 0.562. The lowest BCUT2D eigenvalue weighted by Gasteiger charge is -1.99. The second kappa shape index (κ2) is 4.05. The Labute approximate surface area is 66.6 Å². The third kappa shape index (κ3) is 2.29. The van der Waals surface area contributed by atoms with Crippen LogP contribution in [0.2, 0.25) is 0 Å². The molecule has 1 aromatic rings. The summed E-state index contributed by atoms with van der Waals surface area (Å²) in [7, 11) is 1.90. The van der Waals surface area contributed by atoms with Crippen molar-refractivity contribution in [1.82, 2.24) is 10.3 Å². The minimum Gasteiger partial charge on any atom is -0.326 e. The van der Waals surface area contributed by atoms with Crippen molar-refractivity contribution in [3.8, 4) is 0 Å². The first kappa shape index (κ1) is 8.17. The molecule has 0 bridgehead atoms. The van der Waals surface area contributed by atoms with E-state index in [2.05, 4.69) is 10.3 Å². The van der Waals surface area contributed by atoms with Crippen LogP contribution in [0.25, 0.3) is 0 Å². The van der Waals surface area contributed by atoms with Gasteiger partial charge in [0.25, 0.3) is 0 Å². The fraction of sp³-hybridized carbons (Fsp3) is 0.375. The van der Waals surface area contributed by atoms with Crippen LogP contribution in [-0.2, 0) is 13.1 Å². The maximum atomic E-state index is 5.42. The van der Waals surface area contributed by atoms with E-state index in [0.29, 0.717) is 6.54 Å². The van der Waals surface area contributed by atoms with Crippen molar-refractivity contribution in [2.24, 2.45) is 5.73 Å². The van der Waals surface area contributed by atoms with Gasteiger partial charge >= 0.3 is 0 Å². The number of hydrogen-bond acceptors (Lipinski definition) is 3. The van der Waals surface area contributed by atoms with Gasteiger partial charge in [0.1, 0.15) is 0 Å². The molecule has 0 aliphatic carbocycles. The summed E-state index contributed by atoms with van der Waals surface area (Å²) in [5.74, 6) is 0. The quantitative estimate of drug-likeness (QED) is 0.651. The first-order chi connectivity index (χ1) is 5.36. The van der Waals surface area contributed by atoms with Crippen LogP contribution in [0.5, 0.6) is 0 Å². The van der Waals surface area contributed by atoms with Crippen LogP contribution in [0, 0.1) is 0 Å². The van der Waals surface area contributed by atoms with Crippen LogP contribution in [0.1, 0.15) is 11.3 Å². The molecule has 0 spiro atoms. The maximum Gasteiger partial charge on any atom is 0.0541 e. The van der Waals surface area contributed by atoms with Gasteiger partial charge in [-0.15, -0.1) is 0 Å². The molecule has 0 aliphatic heterocycles. The first-order valence-electron chi connectivity index (χ1n) is 3.65. The number of pyridine rings is 1. The Hall–Kier alpha value is -0.930. The average Bonchev–Trinajstić information content (AvgIpc) is 2.07. The standard InChI is InChI=1S/C8H13N3/c1-10-6-8-3-2-7(4-9)5-11-8/h2-3,5,10H,4,6,9H2,1H3. The monoisotopic (exact) mass is 151 g/mol. The molecule has 0 amide bonds. The van der Waals surface area contributed by atoms with Gasteiger partial charge < -0.3 is 11.1 Å². The van der Waals surface area contributed by atoms with Crippen molar-refractivity contribution >= 4 is 0 Å². The van der Waals surface area contributed by atoms with Crippen molar-refractivity contribution in [3.05, 3.63) is 29.6 Å². The van der Waals surface area contributed by atoms with E-state index in [0.717, 1.165) is 17.8 Å². The smallest absolute Gasteiger partial charge is 0.0541 e. The third-order valence-electron chi connectivity index (χ3n) is 1.48. The van der Waals surface area contributed by atoms with Crippen molar-refractivity contribution in [2.75, 3.05) is 7.05 Å². The van der Waals surface area contributed by atoms with E-state index in [1.807, 2.05) is 25.4 Å². The summed E-state index contributed by atoms with van der Waals surface area (Å²) in [5, 5.41) is 3.03. The van der Waals surface area contributed by atoms with Crippen molar-refractivity contribution in [1.29, 1.82) is 0 Å². The van der Waals surface area contributed by atoms with Crippen LogP contribution >= 0.6 is 0 Å². The fourth-order valence-corrected chi connectivity index (χ4v) is 0.862. The zero-order valence-corrected chi connectivity index (χ0v) is 6.67. The summed E-state index contributed by atoms with van der Waals surface area (Å²) in [6.07, 6.45) is 1.81. The van der Waals surface area contributed by atoms with Gasteiger partial charge in [-0.2, -0.15) is 0 Å². The highest BCUT2D eigenvalue weighted by molar-refractivity contribution is 5.13. The van der Waals surface area contributed by atoms with Crippen LogP contribution in [0.3, 0.4) is 0 Å². The third-order valence-corrected chi connectivity index (χ3v) is 1.48. The molecule has 11 heavy (non-hydrogen) atoms. The molecule has 0 aliphatic rings. The van der Waals surface area contributed by atoms with E-state index >= 15 is 0 Å². The van der Waals surface area contributed by atoms with Gasteiger partial charge in [-0.3, -0.25) is 4.98 Å². The molecule has 0 unspecified atom stereocenters. The molecule has 0 radical (unpaired) electrons. The maximum absolute atomic E-state index is 5.42.